The average Bonchev–Trinajstić information content (AvgIpc) is 3.35. The number of benzene rings is 4. The van der Waals surface area contributed by atoms with Gasteiger partial charge in [0.15, 0.2) is 10.8 Å². The van der Waals surface area contributed by atoms with Crippen LogP contribution in [0.15, 0.2) is 118 Å². The number of hydrazone groups is 2. The molecule has 0 saturated carbocycles. The fraction of sp³-hybridized carbons (Fsp3) is 0.182. The molecule has 7 heteroatoms. The number of fused-ring (bicyclic) bond motifs is 2. The Balaban J connectivity index is 1.62. The standard InChI is InChI=1S/C33H29BrN4OS/c1-22(39)31-36-38(27-20-18-25(34)19-21-27)33(40-31)29-13-9-8-12-28(29)30(35-37(33)26-10-6-5-7-11-26)23-14-16-24(17-15-23)32(2,3)4/h5-21H,1-4H3/t33-/m0/s1. The summed E-state index contributed by atoms with van der Waals surface area (Å²) in [6, 6.07) is 35.1. The second-order valence-electron chi connectivity index (χ2n) is 10.9. The Hall–Kier alpha value is -3.68. The summed E-state index contributed by atoms with van der Waals surface area (Å²) in [7, 11) is 0. The van der Waals surface area contributed by atoms with E-state index in [1.165, 1.54) is 17.3 Å². The van der Waals surface area contributed by atoms with Crippen LogP contribution in [0.2, 0.25) is 0 Å². The molecule has 0 aromatic heterocycles. The summed E-state index contributed by atoms with van der Waals surface area (Å²) in [6.07, 6.45) is 0. The van der Waals surface area contributed by atoms with Crippen molar-refractivity contribution in [1.82, 2.24) is 0 Å². The predicted octanol–water partition coefficient (Wildman–Crippen LogP) is 8.29. The zero-order valence-corrected chi connectivity index (χ0v) is 25.2. The van der Waals surface area contributed by atoms with Crippen LogP contribution in [0.5, 0.6) is 0 Å². The number of halogens is 1. The van der Waals surface area contributed by atoms with Crippen LogP contribution in [0.3, 0.4) is 0 Å². The van der Waals surface area contributed by atoms with Crippen molar-refractivity contribution in [3.63, 3.8) is 0 Å². The molecule has 2 aliphatic heterocycles. The van der Waals surface area contributed by atoms with Gasteiger partial charge < -0.3 is 0 Å². The van der Waals surface area contributed by atoms with Gasteiger partial charge in [-0.15, -0.1) is 0 Å². The molecule has 2 heterocycles. The normalized spacial score (nSPS) is 18.4. The Morgan fingerprint density at radius 1 is 0.775 bits per heavy atom. The number of ketones is 1. The molecular weight excluding hydrogens is 580 g/mol. The Morgan fingerprint density at radius 2 is 1.38 bits per heavy atom. The van der Waals surface area contributed by atoms with Crippen LogP contribution in [0.25, 0.3) is 0 Å². The summed E-state index contributed by atoms with van der Waals surface area (Å²) in [5.41, 5.74) is 7.00. The molecule has 0 bridgehead atoms. The average molecular weight is 610 g/mol. The minimum absolute atomic E-state index is 0.0526. The number of thioether (sulfide) groups is 1. The van der Waals surface area contributed by atoms with Crippen molar-refractivity contribution in [2.75, 3.05) is 10.0 Å². The van der Waals surface area contributed by atoms with Crippen LogP contribution in [-0.2, 0) is 15.2 Å². The smallest absolute Gasteiger partial charge is 0.234 e. The number of anilines is 2. The van der Waals surface area contributed by atoms with E-state index in [4.69, 9.17) is 10.2 Å². The Morgan fingerprint density at radius 3 is 2.02 bits per heavy atom. The molecule has 0 aliphatic carbocycles. The topological polar surface area (TPSA) is 48.3 Å². The van der Waals surface area contributed by atoms with Crippen LogP contribution in [-0.4, -0.2) is 16.5 Å². The second-order valence-corrected chi connectivity index (χ2v) is 13.0. The van der Waals surface area contributed by atoms with Crippen molar-refractivity contribution >= 4 is 55.6 Å². The third-order valence-corrected chi connectivity index (χ3v) is 9.08. The summed E-state index contributed by atoms with van der Waals surface area (Å²) in [5.74, 6) is -0.0815. The van der Waals surface area contributed by atoms with Gasteiger partial charge in [0.1, 0.15) is 0 Å². The Labute approximate surface area is 247 Å². The first-order valence-electron chi connectivity index (χ1n) is 13.2. The van der Waals surface area contributed by atoms with Gasteiger partial charge in [-0.3, -0.25) is 4.79 Å². The predicted molar refractivity (Wildman–Crippen MR) is 170 cm³/mol. The fourth-order valence-electron chi connectivity index (χ4n) is 5.07. The zero-order chi connectivity index (χ0) is 28.1. The number of nitrogens with zero attached hydrogens (tertiary/aromatic N) is 4. The molecule has 4 aromatic rings. The lowest BCUT2D eigenvalue weighted by atomic mass is 9.85. The van der Waals surface area contributed by atoms with E-state index in [1.807, 2.05) is 76.7 Å². The highest BCUT2D eigenvalue weighted by Crippen LogP contribution is 2.55. The molecular formula is C33H29BrN4OS. The second kappa shape index (κ2) is 10.1. The first kappa shape index (κ1) is 26.5. The van der Waals surface area contributed by atoms with E-state index in [0.717, 1.165) is 38.2 Å². The Kier molecular flexibility index (Phi) is 6.67. The number of hydrogen-bond donors (Lipinski definition) is 0. The molecule has 0 unspecified atom stereocenters. The van der Waals surface area contributed by atoms with Gasteiger partial charge >= 0.3 is 0 Å². The quantitative estimate of drug-likeness (QED) is 0.234. The van der Waals surface area contributed by atoms with Gasteiger partial charge in [0.05, 0.1) is 17.1 Å². The van der Waals surface area contributed by atoms with Crippen LogP contribution in [0.4, 0.5) is 11.4 Å². The summed E-state index contributed by atoms with van der Waals surface area (Å²) >= 11 is 4.99. The molecule has 0 radical (unpaired) electrons. The number of carbonyl (C=O) groups excluding carboxylic acids is 1. The summed E-state index contributed by atoms with van der Waals surface area (Å²) in [6.45, 7) is 8.22. The third-order valence-electron chi connectivity index (χ3n) is 7.13. The molecule has 2 aliphatic rings. The fourth-order valence-corrected chi connectivity index (χ4v) is 6.62. The van der Waals surface area contributed by atoms with Crippen LogP contribution in [0, 0.1) is 0 Å². The van der Waals surface area contributed by atoms with E-state index in [1.54, 1.807) is 6.92 Å². The summed E-state index contributed by atoms with van der Waals surface area (Å²) in [4.78, 5) is 11.9. The molecule has 1 spiro atoms. The summed E-state index contributed by atoms with van der Waals surface area (Å²) < 4.78 is 0.968. The lowest BCUT2D eigenvalue weighted by Gasteiger charge is -2.47. The molecule has 40 heavy (non-hydrogen) atoms. The van der Waals surface area contributed by atoms with Crippen LogP contribution in [0.1, 0.15) is 49.9 Å². The number of hydrogen-bond acceptors (Lipinski definition) is 6. The molecule has 1 atom stereocenters. The SMILES string of the molecule is CC(=O)C1=NN(c2ccc(Br)cc2)[C@]2(S1)c1ccccc1C(c1ccc(C(C)(C)C)cc1)=NN2c1ccccc1. The van der Waals surface area contributed by atoms with Gasteiger partial charge in [-0.05, 0) is 59.1 Å². The minimum atomic E-state index is -0.957. The van der Waals surface area contributed by atoms with Gasteiger partial charge in [0.25, 0.3) is 0 Å². The number of rotatable bonds is 4. The highest BCUT2D eigenvalue weighted by Gasteiger charge is 2.55. The zero-order valence-electron chi connectivity index (χ0n) is 22.8. The molecule has 0 fully saturated rings. The van der Waals surface area contributed by atoms with E-state index in [-0.39, 0.29) is 11.2 Å². The molecule has 200 valence electrons. The van der Waals surface area contributed by atoms with Crippen molar-refractivity contribution in [1.29, 1.82) is 0 Å². The van der Waals surface area contributed by atoms with E-state index in [2.05, 4.69) is 73.1 Å². The first-order valence-corrected chi connectivity index (χ1v) is 14.8. The maximum Gasteiger partial charge on any atom is 0.234 e. The molecule has 0 amide bonds. The Bertz CT molecular complexity index is 1640. The van der Waals surface area contributed by atoms with Gasteiger partial charge in [-0.25, -0.2) is 10.0 Å². The highest BCUT2D eigenvalue weighted by atomic mass is 79.9. The van der Waals surface area contributed by atoms with Gasteiger partial charge in [0.2, 0.25) is 4.99 Å². The van der Waals surface area contributed by atoms with Crippen molar-refractivity contribution in [3.8, 4) is 0 Å². The van der Waals surface area contributed by atoms with Crippen LogP contribution < -0.4 is 10.0 Å². The molecule has 5 nitrogen and oxygen atoms in total. The van der Waals surface area contributed by atoms with Crippen molar-refractivity contribution in [2.24, 2.45) is 10.2 Å². The largest absolute Gasteiger partial charge is 0.292 e. The molecule has 6 rings (SSSR count). The minimum Gasteiger partial charge on any atom is -0.292 e. The van der Waals surface area contributed by atoms with Crippen molar-refractivity contribution < 1.29 is 4.79 Å². The van der Waals surface area contributed by atoms with E-state index in [9.17, 15) is 4.79 Å². The maximum absolute atomic E-state index is 12.8. The monoisotopic (exact) mass is 608 g/mol. The molecule has 4 aromatic carbocycles. The molecule has 0 saturated heterocycles. The van der Waals surface area contributed by atoms with Crippen molar-refractivity contribution in [3.05, 3.63) is 130 Å². The van der Waals surface area contributed by atoms with E-state index >= 15 is 0 Å². The van der Waals surface area contributed by atoms with Gasteiger partial charge in [-0.2, -0.15) is 10.2 Å². The highest BCUT2D eigenvalue weighted by molar-refractivity contribution is 9.10. The maximum atomic E-state index is 12.8. The summed E-state index contributed by atoms with van der Waals surface area (Å²) in [5, 5.41) is 14.7. The van der Waals surface area contributed by atoms with Gasteiger partial charge in [0, 0.05) is 28.1 Å². The van der Waals surface area contributed by atoms with E-state index < -0.39 is 4.99 Å². The number of Topliss-reactive ketones (excluding diaryl/α,β-unsaturated/α-hetero) is 1. The number of para-hydroxylation sites is 1. The third kappa shape index (κ3) is 4.47. The van der Waals surface area contributed by atoms with Gasteiger partial charge in [-0.1, -0.05) is 103 Å². The number of carbonyl (C=O) groups is 1. The van der Waals surface area contributed by atoms with E-state index in [0.29, 0.717) is 5.04 Å². The lowest BCUT2D eigenvalue weighted by Crippen LogP contribution is -2.54. The lowest BCUT2D eigenvalue weighted by molar-refractivity contribution is -0.110. The molecule has 0 N–H and O–H groups in total. The van der Waals surface area contributed by atoms with Crippen LogP contribution >= 0.6 is 27.7 Å². The van der Waals surface area contributed by atoms with Crippen molar-refractivity contribution in [2.45, 2.75) is 38.1 Å². The first-order chi connectivity index (χ1) is 19.2.